The molecule has 0 aliphatic carbocycles. The minimum Gasteiger partial charge on any atom is -0.225 e. The van der Waals surface area contributed by atoms with Gasteiger partial charge in [0.1, 0.15) is 6.33 Å². The van der Waals surface area contributed by atoms with Crippen LogP contribution in [0.3, 0.4) is 0 Å². The smallest absolute Gasteiger partial charge is 0.225 e. The Morgan fingerprint density at radius 2 is 1.89 bits per heavy atom. The van der Waals surface area contributed by atoms with Gasteiger partial charge >= 0.3 is 6.18 Å². The van der Waals surface area contributed by atoms with Gasteiger partial charge in [-0.2, -0.15) is 13.2 Å². The third-order valence-electron chi connectivity index (χ3n) is 2.69. The summed E-state index contributed by atoms with van der Waals surface area (Å²) >= 11 is 0. The Kier molecular flexibility index (Phi) is 3.31. The quantitative estimate of drug-likeness (QED) is 0.848. The zero-order valence-corrected chi connectivity index (χ0v) is 9.59. The topological polar surface area (TPSA) is 43.6 Å². The minimum atomic E-state index is -4.31. The Balaban J connectivity index is 2.28. The van der Waals surface area contributed by atoms with Gasteiger partial charge in [-0.1, -0.05) is 19.1 Å². The maximum absolute atomic E-state index is 12.4. The zero-order chi connectivity index (χ0) is 13.2. The average molecular weight is 256 g/mol. The highest BCUT2D eigenvalue weighted by Crippen LogP contribution is 2.30. The van der Waals surface area contributed by atoms with E-state index in [1.165, 1.54) is 23.1 Å². The first kappa shape index (κ1) is 12.5. The number of halogens is 3. The molecule has 1 aromatic heterocycles. The molecule has 1 heterocycles. The average Bonchev–Trinajstić information content (AvgIpc) is 2.83. The van der Waals surface area contributed by atoms with E-state index in [1.807, 2.05) is 6.92 Å². The second-order valence-electron chi connectivity index (χ2n) is 3.83. The zero-order valence-electron chi connectivity index (χ0n) is 9.59. The first-order chi connectivity index (χ1) is 8.52. The predicted octanol–water partition coefficient (Wildman–Crippen LogP) is 2.69. The Bertz CT molecular complexity index is 490. The molecule has 0 fully saturated rings. The number of rotatable bonds is 3. The van der Waals surface area contributed by atoms with E-state index >= 15 is 0 Å². The molecular formula is C11H11F3N4. The monoisotopic (exact) mass is 256 g/mol. The molecule has 0 spiro atoms. The van der Waals surface area contributed by atoms with E-state index < -0.39 is 11.7 Å². The fraction of sp³-hybridized carbons (Fsp3) is 0.364. The van der Waals surface area contributed by atoms with Crippen molar-refractivity contribution >= 4 is 0 Å². The molecule has 0 aliphatic rings. The van der Waals surface area contributed by atoms with Crippen molar-refractivity contribution in [2.24, 2.45) is 0 Å². The summed E-state index contributed by atoms with van der Waals surface area (Å²) in [5.74, 6) is 0. The molecule has 2 aromatic rings. The fourth-order valence-electron chi connectivity index (χ4n) is 1.78. The van der Waals surface area contributed by atoms with Gasteiger partial charge in [-0.25, -0.2) is 4.68 Å². The van der Waals surface area contributed by atoms with Crippen LogP contribution in [0.2, 0.25) is 0 Å². The van der Waals surface area contributed by atoms with E-state index in [-0.39, 0.29) is 6.04 Å². The number of hydrogen-bond acceptors (Lipinski definition) is 3. The highest BCUT2D eigenvalue weighted by Gasteiger charge is 2.30. The SMILES string of the molecule is CCC(c1ccc(C(F)(F)F)cc1)n1cnnn1. The molecule has 2 rings (SSSR count). The molecule has 7 heteroatoms. The van der Waals surface area contributed by atoms with Gasteiger partial charge in [0, 0.05) is 0 Å². The summed E-state index contributed by atoms with van der Waals surface area (Å²) in [5, 5.41) is 10.8. The van der Waals surface area contributed by atoms with Crippen LogP contribution in [-0.2, 0) is 6.18 Å². The van der Waals surface area contributed by atoms with Crippen molar-refractivity contribution in [3.8, 4) is 0 Å². The third-order valence-corrected chi connectivity index (χ3v) is 2.69. The van der Waals surface area contributed by atoms with Crippen molar-refractivity contribution in [1.29, 1.82) is 0 Å². The molecule has 1 atom stereocenters. The molecule has 0 saturated heterocycles. The van der Waals surface area contributed by atoms with Gasteiger partial charge in [0.15, 0.2) is 0 Å². The molecule has 18 heavy (non-hydrogen) atoms. The summed E-state index contributed by atoms with van der Waals surface area (Å²) in [4.78, 5) is 0. The Morgan fingerprint density at radius 1 is 1.22 bits per heavy atom. The summed E-state index contributed by atoms with van der Waals surface area (Å²) in [6.07, 6.45) is -2.17. The van der Waals surface area contributed by atoms with E-state index in [1.54, 1.807) is 0 Å². The van der Waals surface area contributed by atoms with Crippen molar-refractivity contribution in [3.05, 3.63) is 41.7 Å². The standard InChI is InChI=1S/C11H11F3N4/c1-2-10(18-7-15-16-17-18)8-3-5-9(6-4-8)11(12,13)14/h3-7,10H,2H2,1H3. The van der Waals surface area contributed by atoms with Gasteiger partial charge < -0.3 is 0 Å². The number of tetrazole rings is 1. The van der Waals surface area contributed by atoms with Crippen molar-refractivity contribution in [2.75, 3.05) is 0 Å². The maximum Gasteiger partial charge on any atom is 0.416 e. The number of aromatic nitrogens is 4. The lowest BCUT2D eigenvalue weighted by Gasteiger charge is -2.15. The summed E-state index contributed by atoms with van der Waals surface area (Å²) in [6.45, 7) is 1.92. The Morgan fingerprint density at radius 3 is 2.33 bits per heavy atom. The highest BCUT2D eigenvalue weighted by molar-refractivity contribution is 5.27. The molecule has 1 aromatic carbocycles. The molecule has 96 valence electrons. The van der Waals surface area contributed by atoms with Gasteiger partial charge in [-0.05, 0) is 34.5 Å². The van der Waals surface area contributed by atoms with Crippen LogP contribution in [0.5, 0.6) is 0 Å². The van der Waals surface area contributed by atoms with Crippen LogP contribution in [0.15, 0.2) is 30.6 Å². The summed E-state index contributed by atoms with van der Waals surface area (Å²) in [7, 11) is 0. The predicted molar refractivity (Wildman–Crippen MR) is 57.7 cm³/mol. The summed E-state index contributed by atoms with van der Waals surface area (Å²) in [6, 6.07) is 4.91. The van der Waals surface area contributed by atoms with Crippen LogP contribution in [0.1, 0.15) is 30.5 Å². The van der Waals surface area contributed by atoms with E-state index in [9.17, 15) is 13.2 Å². The van der Waals surface area contributed by atoms with E-state index in [2.05, 4.69) is 15.5 Å². The number of hydrogen-bond donors (Lipinski definition) is 0. The Labute approximate surface area is 101 Å². The van der Waals surface area contributed by atoms with Crippen LogP contribution >= 0.6 is 0 Å². The van der Waals surface area contributed by atoms with Crippen molar-refractivity contribution < 1.29 is 13.2 Å². The van der Waals surface area contributed by atoms with E-state index in [0.29, 0.717) is 6.42 Å². The van der Waals surface area contributed by atoms with Gasteiger partial charge in [0.05, 0.1) is 11.6 Å². The van der Waals surface area contributed by atoms with Crippen LogP contribution in [0, 0.1) is 0 Å². The van der Waals surface area contributed by atoms with Gasteiger partial charge in [0.2, 0.25) is 0 Å². The molecule has 0 amide bonds. The normalized spacial score (nSPS) is 13.6. The highest BCUT2D eigenvalue weighted by atomic mass is 19.4. The molecule has 1 unspecified atom stereocenters. The van der Waals surface area contributed by atoms with Crippen LogP contribution in [0.4, 0.5) is 13.2 Å². The second-order valence-corrected chi connectivity index (χ2v) is 3.83. The molecule has 0 radical (unpaired) electrons. The number of nitrogens with zero attached hydrogens (tertiary/aromatic N) is 4. The fourth-order valence-corrected chi connectivity index (χ4v) is 1.78. The second kappa shape index (κ2) is 4.75. The van der Waals surface area contributed by atoms with Gasteiger partial charge in [-0.15, -0.1) is 5.10 Å². The van der Waals surface area contributed by atoms with Crippen LogP contribution in [-0.4, -0.2) is 20.2 Å². The molecular weight excluding hydrogens is 245 g/mol. The largest absolute Gasteiger partial charge is 0.416 e. The lowest BCUT2D eigenvalue weighted by molar-refractivity contribution is -0.137. The third kappa shape index (κ3) is 2.49. The van der Waals surface area contributed by atoms with Gasteiger partial charge in [-0.3, -0.25) is 0 Å². The molecule has 0 saturated carbocycles. The van der Waals surface area contributed by atoms with Gasteiger partial charge in [0.25, 0.3) is 0 Å². The summed E-state index contributed by atoms with van der Waals surface area (Å²) < 4.78 is 38.8. The first-order valence-corrected chi connectivity index (χ1v) is 5.42. The first-order valence-electron chi connectivity index (χ1n) is 5.42. The molecule has 0 N–H and O–H groups in total. The lowest BCUT2D eigenvalue weighted by Crippen LogP contribution is -2.11. The van der Waals surface area contributed by atoms with E-state index in [0.717, 1.165) is 17.7 Å². The molecule has 0 aliphatic heterocycles. The molecule has 4 nitrogen and oxygen atoms in total. The molecule has 0 bridgehead atoms. The number of benzene rings is 1. The van der Waals surface area contributed by atoms with Crippen molar-refractivity contribution in [2.45, 2.75) is 25.6 Å². The van der Waals surface area contributed by atoms with Crippen LogP contribution in [0.25, 0.3) is 0 Å². The Hall–Kier alpha value is -1.92. The minimum absolute atomic E-state index is 0.151. The van der Waals surface area contributed by atoms with Crippen molar-refractivity contribution in [3.63, 3.8) is 0 Å². The lowest BCUT2D eigenvalue weighted by atomic mass is 10.0. The van der Waals surface area contributed by atoms with Crippen molar-refractivity contribution in [1.82, 2.24) is 20.2 Å². The van der Waals surface area contributed by atoms with Crippen LogP contribution < -0.4 is 0 Å². The number of alkyl halides is 3. The summed E-state index contributed by atoms with van der Waals surface area (Å²) in [5.41, 5.74) is 0.0932. The maximum atomic E-state index is 12.4. The van der Waals surface area contributed by atoms with E-state index in [4.69, 9.17) is 0 Å².